The molecule has 0 fully saturated rings. The topological polar surface area (TPSA) is 375 Å². The van der Waals surface area contributed by atoms with Gasteiger partial charge in [-0.3, -0.25) is 43.3 Å². The summed E-state index contributed by atoms with van der Waals surface area (Å²) in [5.41, 5.74) is 21.2. The minimum absolute atomic E-state index is 0.0563. The highest BCUT2D eigenvalue weighted by Crippen LogP contribution is 2.08. The molecule has 22 heteroatoms. The Hall–Kier alpha value is -5.54. The Balaban J connectivity index is 5.41. The lowest BCUT2D eigenvalue weighted by atomic mass is 10.0. The van der Waals surface area contributed by atoms with E-state index in [1.807, 2.05) is 0 Å². The van der Waals surface area contributed by atoms with Crippen LogP contribution in [0.2, 0.25) is 0 Å². The molecule has 0 unspecified atom stereocenters. The van der Waals surface area contributed by atoms with Gasteiger partial charge in [0.2, 0.25) is 47.3 Å². The molecule has 0 aromatic carbocycles. The number of nitrogens with two attached hydrogens (primary N) is 4. The summed E-state index contributed by atoms with van der Waals surface area (Å²) in [5.74, 6) is -7.77. The minimum atomic E-state index is -1.41. The van der Waals surface area contributed by atoms with Crippen molar-refractivity contribution >= 4 is 59.2 Å². The van der Waals surface area contributed by atoms with Crippen LogP contribution in [0.1, 0.15) is 73.6 Å². The molecular formula is C31H56N12O10. The third-order valence-corrected chi connectivity index (χ3v) is 7.32. The van der Waals surface area contributed by atoms with E-state index in [0.717, 1.165) is 0 Å². The molecule has 0 aromatic heterocycles. The van der Waals surface area contributed by atoms with Crippen LogP contribution in [0.3, 0.4) is 0 Å². The Bertz CT molecular complexity index is 1350. The van der Waals surface area contributed by atoms with Crippen LogP contribution in [-0.2, 0) is 43.2 Å². The summed E-state index contributed by atoms with van der Waals surface area (Å²) >= 11 is 0. The highest BCUT2D eigenvalue weighted by molar-refractivity contribution is 5.96. The van der Waals surface area contributed by atoms with E-state index in [4.69, 9.17) is 22.9 Å². The highest BCUT2D eigenvalue weighted by atomic mass is 16.4. The van der Waals surface area contributed by atoms with Crippen LogP contribution >= 0.6 is 0 Å². The number of carboxylic acid groups (broad SMARTS) is 1. The highest BCUT2D eigenvalue weighted by Gasteiger charge is 2.31. The van der Waals surface area contributed by atoms with Gasteiger partial charge in [0, 0.05) is 13.0 Å². The molecule has 0 bridgehead atoms. The van der Waals surface area contributed by atoms with E-state index in [1.54, 1.807) is 13.8 Å². The van der Waals surface area contributed by atoms with E-state index in [1.165, 1.54) is 27.7 Å². The molecule has 0 rings (SSSR count). The standard InChI is InChI=1S/C31H56N12O10/c1-14(2)12-21(29(51)42-19(9-10-22(33)44)28(50)43-20(30(52)53)8-7-11-36-31(34)35)41-23(45)13-37-25(47)16(4)39-27(49)18(6)40-26(48)17(5)38-24(46)15(3)32/h14-21H,7-13,32H2,1-6H3,(H2,33,44)(H,37,47)(H,38,46)(H,39,49)(H,40,48)(H,41,45)(H,42,51)(H,43,50)(H,52,53)(H4,34,35,36)/t15-,16-,17-,18-,19-,20-,21-/m0/s1. The number of nitrogens with zero attached hydrogens (tertiary/aromatic N) is 1. The third-order valence-electron chi connectivity index (χ3n) is 7.32. The van der Waals surface area contributed by atoms with Crippen molar-refractivity contribution in [3.8, 4) is 0 Å². The number of hydrogen-bond donors (Lipinski definition) is 12. The van der Waals surface area contributed by atoms with Crippen molar-refractivity contribution < 1.29 is 48.3 Å². The molecule has 0 heterocycles. The number of aliphatic imine (C=N–C) groups is 1. The predicted molar refractivity (Wildman–Crippen MR) is 191 cm³/mol. The number of carbonyl (C=O) groups excluding carboxylic acids is 8. The van der Waals surface area contributed by atoms with Crippen LogP contribution in [0.5, 0.6) is 0 Å². The fourth-order valence-electron chi connectivity index (χ4n) is 4.35. The van der Waals surface area contributed by atoms with Gasteiger partial charge in [-0.05, 0) is 59.3 Å². The summed E-state index contributed by atoms with van der Waals surface area (Å²) in [5, 5.41) is 26.3. The van der Waals surface area contributed by atoms with E-state index < -0.39 is 102 Å². The number of amides is 8. The summed E-state index contributed by atoms with van der Waals surface area (Å²) in [6.45, 7) is 8.53. The molecule has 7 atom stereocenters. The average molecular weight is 757 g/mol. The predicted octanol–water partition coefficient (Wildman–Crippen LogP) is -5.13. The van der Waals surface area contributed by atoms with Crippen molar-refractivity contribution in [1.29, 1.82) is 0 Å². The molecule has 0 spiro atoms. The van der Waals surface area contributed by atoms with Gasteiger partial charge in [0.05, 0.1) is 12.6 Å². The number of carboxylic acids is 1. The molecule has 0 saturated carbocycles. The van der Waals surface area contributed by atoms with Crippen LogP contribution < -0.4 is 60.2 Å². The molecule has 0 radical (unpaired) electrons. The molecule has 8 amide bonds. The van der Waals surface area contributed by atoms with Gasteiger partial charge >= 0.3 is 5.97 Å². The second kappa shape index (κ2) is 23.8. The van der Waals surface area contributed by atoms with Crippen molar-refractivity contribution in [2.45, 2.75) is 116 Å². The Labute approximate surface area is 307 Å². The van der Waals surface area contributed by atoms with Crippen molar-refractivity contribution in [2.75, 3.05) is 13.1 Å². The molecular weight excluding hydrogens is 700 g/mol. The molecule has 16 N–H and O–H groups in total. The lowest BCUT2D eigenvalue weighted by Crippen LogP contribution is -2.57. The molecule has 0 aliphatic rings. The van der Waals surface area contributed by atoms with E-state index in [0.29, 0.717) is 0 Å². The Morgan fingerprint density at radius 2 is 1.09 bits per heavy atom. The normalized spacial score (nSPS) is 14.7. The number of nitrogens with one attached hydrogen (secondary N) is 7. The summed E-state index contributed by atoms with van der Waals surface area (Å²) in [7, 11) is 0. The molecule has 53 heavy (non-hydrogen) atoms. The molecule has 0 aliphatic carbocycles. The second-order valence-corrected chi connectivity index (χ2v) is 12.9. The number of aliphatic carboxylic acids is 1. The van der Waals surface area contributed by atoms with Gasteiger partial charge in [0.25, 0.3) is 0 Å². The zero-order valence-corrected chi connectivity index (χ0v) is 30.9. The zero-order valence-electron chi connectivity index (χ0n) is 30.9. The number of hydrogen-bond acceptors (Lipinski definition) is 11. The average Bonchev–Trinajstić information content (AvgIpc) is 3.05. The van der Waals surface area contributed by atoms with Crippen LogP contribution in [0.4, 0.5) is 0 Å². The van der Waals surface area contributed by atoms with Gasteiger partial charge in [-0.1, -0.05) is 13.8 Å². The molecule has 0 aliphatic heterocycles. The van der Waals surface area contributed by atoms with E-state index >= 15 is 0 Å². The van der Waals surface area contributed by atoms with E-state index in [-0.39, 0.29) is 50.5 Å². The van der Waals surface area contributed by atoms with Crippen molar-refractivity contribution in [2.24, 2.45) is 33.8 Å². The maximum absolute atomic E-state index is 13.3. The first-order valence-corrected chi connectivity index (χ1v) is 17.0. The lowest BCUT2D eigenvalue weighted by Gasteiger charge is -2.25. The summed E-state index contributed by atoms with van der Waals surface area (Å²) in [6, 6.07) is -8.12. The number of rotatable bonds is 24. The van der Waals surface area contributed by atoms with Gasteiger partial charge < -0.3 is 65.3 Å². The largest absolute Gasteiger partial charge is 0.480 e. The Morgan fingerprint density at radius 3 is 1.57 bits per heavy atom. The smallest absolute Gasteiger partial charge is 0.326 e. The first-order valence-electron chi connectivity index (χ1n) is 17.0. The van der Waals surface area contributed by atoms with Crippen LogP contribution in [-0.4, -0.2) is 120 Å². The van der Waals surface area contributed by atoms with Crippen LogP contribution in [0, 0.1) is 5.92 Å². The summed E-state index contributed by atoms with van der Waals surface area (Å²) in [6.07, 6.45) is -0.382. The first kappa shape index (κ1) is 47.5. The maximum Gasteiger partial charge on any atom is 0.326 e. The monoisotopic (exact) mass is 756 g/mol. The fraction of sp³-hybridized carbons (Fsp3) is 0.677. The third kappa shape index (κ3) is 20.2. The Morgan fingerprint density at radius 1 is 0.604 bits per heavy atom. The van der Waals surface area contributed by atoms with Gasteiger partial charge in [0.15, 0.2) is 5.96 Å². The van der Waals surface area contributed by atoms with Crippen molar-refractivity contribution in [1.82, 2.24) is 37.2 Å². The van der Waals surface area contributed by atoms with Gasteiger partial charge in [0.1, 0.15) is 36.3 Å². The van der Waals surface area contributed by atoms with Crippen molar-refractivity contribution in [3.63, 3.8) is 0 Å². The first-order chi connectivity index (χ1) is 24.5. The summed E-state index contributed by atoms with van der Waals surface area (Å²) < 4.78 is 0. The number of primary amides is 1. The molecule has 300 valence electrons. The quantitative estimate of drug-likeness (QED) is 0.0249. The fourth-order valence-corrected chi connectivity index (χ4v) is 4.35. The van der Waals surface area contributed by atoms with E-state index in [9.17, 15) is 48.3 Å². The SMILES string of the molecule is CC(C)C[C@H](NC(=O)CNC(=O)[C@H](C)NC(=O)[C@H](C)NC(=O)[C@H](C)NC(=O)[C@H](C)N)C(=O)N[C@@H](CCC(N)=O)C(=O)N[C@@H](CCCN=C(N)N)C(=O)O. The molecule has 0 saturated heterocycles. The van der Waals surface area contributed by atoms with Gasteiger partial charge in [-0.2, -0.15) is 0 Å². The van der Waals surface area contributed by atoms with Gasteiger partial charge in [-0.25, -0.2) is 4.79 Å². The van der Waals surface area contributed by atoms with Crippen LogP contribution in [0.15, 0.2) is 4.99 Å². The van der Waals surface area contributed by atoms with Gasteiger partial charge in [-0.15, -0.1) is 0 Å². The molecule has 0 aromatic rings. The van der Waals surface area contributed by atoms with Crippen LogP contribution in [0.25, 0.3) is 0 Å². The number of carbonyl (C=O) groups is 9. The number of guanidine groups is 1. The van der Waals surface area contributed by atoms with Crippen molar-refractivity contribution in [3.05, 3.63) is 0 Å². The minimum Gasteiger partial charge on any atom is -0.480 e. The lowest BCUT2D eigenvalue weighted by molar-refractivity contribution is -0.142. The summed E-state index contributed by atoms with van der Waals surface area (Å²) in [4.78, 5) is 116. The molecule has 22 nitrogen and oxygen atoms in total. The Kier molecular flexibility index (Phi) is 21.3. The second-order valence-electron chi connectivity index (χ2n) is 12.9. The zero-order chi connectivity index (χ0) is 41.0. The van der Waals surface area contributed by atoms with E-state index in [2.05, 4.69) is 42.2 Å². The maximum atomic E-state index is 13.3.